The second-order valence-electron chi connectivity index (χ2n) is 5.01. The number of fused-ring (bicyclic) bond motifs is 1. The van der Waals surface area contributed by atoms with Crippen LogP contribution in [0.1, 0.15) is 36.1 Å². The molecule has 0 saturated heterocycles. The van der Waals surface area contributed by atoms with Gasteiger partial charge in [-0.15, -0.1) is 23.1 Å². The third-order valence-corrected chi connectivity index (χ3v) is 5.85. The topological polar surface area (TPSA) is 59.6 Å². The van der Waals surface area contributed by atoms with Crippen LogP contribution in [0.4, 0.5) is 5.69 Å². The minimum atomic E-state index is 0.266. The van der Waals surface area contributed by atoms with Crippen LogP contribution >= 0.6 is 23.1 Å². The van der Waals surface area contributed by atoms with E-state index < -0.39 is 0 Å². The van der Waals surface area contributed by atoms with E-state index in [0.717, 1.165) is 12.1 Å². The summed E-state index contributed by atoms with van der Waals surface area (Å²) in [6, 6.07) is 11.9. The minimum Gasteiger partial charge on any atom is -0.378 e. The average Bonchev–Trinajstić information content (AvgIpc) is 2.95. The molecular formula is C16H13N3S2. The van der Waals surface area contributed by atoms with Crippen LogP contribution in [-0.2, 0) is 0 Å². The lowest BCUT2D eigenvalue weighted by atomic mass is 10.0. The smallest absolute Gasteiger partial charge is 0.101 e. The highest BCUT2D eigenvalue weighted by molar-refractivity contribution is 8.01. The van der Waals surface area contributed by atoms with Crippen LogP contribution in [0.5, 0.6) is 0 Å². The molecule has 0 spiro atoms. The molecule has 2 heterocycles. The summed E-state index contributed by atoms with van der Waals surface area (Å²) in [6.45, 7) is 2.24. The second kappa shape index (κ2) is 5.81. The van der Waals surface area contributed by atoms with Gasteiger partial charge in [0.15, 0.2) is 0 Å². The highest BCUT2D eigenvalue weighted by atomic mass is 32.2. The molecule has 0 saturated carbocycles. The van der Waals surface area contributed by atoms with Crippen molar-refractivity contribution in [2.75, 3.05) is 5.32 Å². The Labute approximate surface area is 132 Å². The highest BCUT2D eigenvalue weighted by Crippen LogP contribution is 2.44. The third kappa shape index (κ3) is 2.76. The van der Waals surface area contributed by atoms with Gasteiger partial charge in [0.1, 0.15) is 12.1 Å². The van der Waals surface area contributed by atoms with E-state index in [-0.39, 0.29) is 6.04 Å². The van der Waals surface area contributed by atoms with Gasteiger partial charge in [0.25, 0.3) is 0 Å². The number of hydrogen-bond acceptors (Lipinski definition) is 5. The molecule has 0 aliphatic carbocycles. The fraction of sp³-hybridized carbons (Fsp3) is 0.250. The van der Waals surface area contributed by atoms with E-state index >= 15 is 0 Å². The molecule has 3 nitrogen and oxygen atoms in total. The molecule has 3 rings (SSSR count). The summed E-state index contributed by atoms with van der Waals surface area (Å²) in [4.78, 5) is 0. The van der Waals surface area contributed by atoms with Gasteiger partial charge < -0.3 is 5.32 Å². The van der Waals surface area contributed by atoms with Crippen LogP contribution in [-0.4, -0.2) is 5.25 Å². The first-order chi connectivity index (χ1) is 10.2. The van der Waals surface area contributed by atoms with Gasteiger partial charge in [-0.05, 0) is 41.6 Å². The van der Waals surface area contributed by atoms with Crippen molar-refractivity contribution in [2.45, 2.75) is 28.8 Å². The number of nitrogens with zero attached hydrogens (tertiary/aromatic N) is 2. The first-order valence-electron chi connectivity index (χ1n) is 6.66. The van der Waals surface area contributed by atoms with Crippen molar-refractivity contribution in [3.63, 3.8) is 0 Å². The fourth-order valence-electron chi connectivity index (χ4n) is 2.51. The quantitative estimate of drug-likeness (QED) is 0.885. The molecule has 1 aliphatic heterocycles. The van der Waals surface area contributed by atoms with E-state index in [1.54, 1.807) is 23.5 Å². The molecule has 2 aromatic rings. The lowest BCUT2D eigenvalue weighted by Gasteiger charge is -2.28. The molecule has 1 aromatic carbocycles. The Morgan fingerprint density at radius 2 is 2.00 bits per heavy atom. The monoisotopic (exact) mass is 311 g/mol. The van der Waals surface area contributed by atoms with Crippen LogP contribution in [0.3, 0.4) is 0 Å². The summed E-state index contributed by atoms with van der Waals surface area (Å²) in [5, 5.41) is 24.3. The summed E-state index contributed by atoms with van der Waals surface area (Å²) >= 11 is 3.71. The normalized spacial score (nSPS) is 20.1. The Hall–Kier alpha value is -1.95. The second-order valence-corrected chi connectivity index (χ2v) is 7.63. The van der Waals surface area contributed by atoms with Gasteiger partial charge in [-0.25, -0.2) is 0 Å². The molecule has 0 fully saturated rings. The van der Waals surface area contributed by atoms with E-state index in [1.165, 1.54) is 9.77 Å². The zero-order valence-electron chi connectivity index (χ0n) is 11.5. The van der Waals surface area contributed by atoms with E-state index in [2.05, 4.69) is 29.8 Å². The van der Waals surface area contributed by atoms with E-state index in [4.69, 9.17) is 10.5 Å². The van der Waals surface area contributed by atoms with Gasteiger partial charge in [0.2, 0.25) is 0 Å². The maximum atomic E-state index is 9.12. The van der Waals surface area contributed by atoms with Gasteiger partial charge in [0, 0.05) is 10.9 Å². The maximum Gasteiger partial charge on any atom is 0.101 e. The predicted octanol–water partition coefficient (Wildman–Crippen LogP) is 4.53. The van der Waals surface area contributed by atoms with Crippen molar-refractivity contribution in [1.82, 2.24) is 0 Å². The Balaban J connectivity index is 1.89. The number of anilines is 1. The molecule has 1 aliphatic rings. The Morgan fingerprint density at radius 1 is 1.19 bits per heavy atom. The lowest BCUT2D eigenvalue weighted by Crippen LogP contribution is -2.19. The van der Waals surface area contributed by atoms with E-state index in [1.807, 2.05) is 23.9 Å². The van der Waals surface area contributed by atoms with Gasteiger partial charge in [-0.2, -0.15) is 10.5 Å². The van der Waals surface area contributed by atoms with Gasteiger partial charge in [-0.1, -0.05) is 6.92 Å². The first-order valence-corrected chi connectivity index (χ1v) is 8.42. The van der Waals surface area contributed by atoms with Gasteiger partial charge in [0.05, 0.1) is 21.4 Å². The van der Waals surface area contributed by atoms with E-state index in [9.17, 15) is 0 Å². The van der Waals surface area contributed by atoms with Crippen LogP contribution in [0, 0.1) is 22.7 Å². The molecule has 1 unspecified atom stereocenters. The summed E-state index contributed by atoms with van der Waals surface area (Å²) in [6.07, 6.45) is 1.05. The fourth-order valence-corrected chi connectivity index (χ4v) is 5.08. The van der Waals surface area contributed by atoms with Crippen molar-refractivity contribution in [2.24, 2.45) is 0 Å². The minimum absolute atomic E-state index is 0.266. The molecule has 2 atom stereocenters. The molecule has 21 heavy (non-hydrogen) atoms. The Morgan fingerprint density at radius 3 is 2.76 bits per heavy atom. The lowest BCUT2D eigenvalue weighted by molar-refractivity contribution is 0.670. The van der Waals surface area contributed by atoms with Crippen molar-refractivity contribution >= 4 is 28.8 Å². The number of nitrogens with one attached hydrogen (secondary N) is 1. The van der Waals surface area contributed by atoms with Gasteiger partial charge >= 0.3 is 0 Å². The highest BCUT2D eigenvalue weighted by Gasteiger charge is 2.26. The van der Waals surface area contributed by atoms with E-state index in [0.29, 0.717) is 16.4 Å². The van der Waals surface area contributed by atoms with Crippen LogP contribution in [0.15, 0.2) is 33.9 Å². The average molecular weight is 311 g/mol. The summed E-state index contributed by atoms with van der Waals surface area (Å²) in [5.41, 5.74) is 3.08. The largest absolute Gasteiger partial charge is 0.378 e. The number of thiophene rings is 1. The first kappa shape index (κ1) is 14.0. The molecule has 5 heteroatoms. The molecule has 0 amide bonds. The molecule has 0 bridgehead atoms. The number of benzene rings is 1. The molecule has 104 valence electrons. The van der Waals surface area contributed by atoms with Crippen LogP contribution in [0.2, 0.25) is 0 Å². The SMILES string of the molecule is C[C@H]1CC(Nc2ccc(C#N)c(C#N)c2)c2ccsc2S1. The van der Waals surface area contributed by atoms with Gasteiger partial charge in [-0.3, -0.25) is 0 Å². The molecule has 1 aromatic heterocycles. The zero-order valence-corrected chi connectivity index (χ0v) is 13.1. The molecular weight excluding hydrogens is 298 g/mol. The maximum absolute atomic E-state index is 9.12. The summed E-state index contributed by atoms with van der Waals surface area (Å²) in [7, 11) is 0. The third-order valence-electron chi connectivity index (χ3n) is 3.51. The Kier molecular flexibility index (Phi) is 3.88. The van der Waals surface area contributed by atoms with Crippen LogP contribution < -0.4 is 5.32 Å². The van der Waals surface area contributed by atoms with Crippen molar-refractivity contribution in [3.8, 4) is 12.1 Å². The van der Waals surface area contributed by atoms with Crippen molar-refractivity contribution in [1.29, 1.82) is 10.5 Å². The summed E-state index contributed by atoms with van der Waals surface area (Å²) in [5.74, 6) is 0. The number of thioether (sulfide) groups is 1. The van der Waals surface area contributed by atoms with Crippen molar-refractivity contribution < 1.29 is 0 Å². The Bertz CT molecular complexity index is 752. The van der Waals surface area contributed by atoms with Crippen molar-refractivity contribution in [3.05, 3.63) is 46.3 Å². The predicted molar refractivity (Wildman–Crippen MR) is 86.5 cm³/mol. The summed E-state index contributed by atoms with van der Waals surface area (Å²) < 4.78 is 1.38. The standard InChI is InChI=1S/C16H13N3S2/c1-10-6-15(14-4-5-20-16(14)21-10)19-13-3-2-11(8-17)12(7-13)9-18/h2-5,7,10,15,19H,6H2,1H3/t10-,15?/m0/s1. The number of hydrogen-bond donors (Lipinski definition) is 1. The van der Waals surface area contributed by atoms with Crippen LogP contribution in [0.25, 0.3) is 0 Å². The number of nitriles is 2. The number of rotatable bonds is 2. The molecule has 1 N–H and O–H groups in total. The zero-order chi connectivity index (χ0) is 14.8. The molecule has 0 radical (unpaired) electrons.